The van der Waals surface area contributed by atoms with Gasteiger partial charge in [0.05, 0.1) is 24.5 Å². The lowest BCUT2D eigenvalue weighted by atomic mass is 10.2. The first-order valence-electron chi connectivity index (χ1n) is 9.61. The van der Waals surface area contributed by atoms with Gasteiger partial charge in [-0.15, -0.1) is 0 Å². The van der Waals surface area contributed by atoms with Crippen molar-refractivity contribution in [2.45, 2.75) is 43.7 Å². The van der Waals surface area contributed by atoms with Gasteiger partial charge in [-0.05, 0) is 44.2 Å². The minimum atomic E-state index is -3.43. The lowest BCUT2D eigenvalue weighted by Crippen LogP contribution is -2.24. The summed E-state index contributed by atoms with van der Waals surface area (Å²) >= 11 is 0. The van der Waals surface area contributed by atoms with Crippen LogP contribution in [0, 0.1) is 5.82 Å². The number of ether oxygens (including phenoxy) is 1. The van der Waals surface area contributed by atoms with Crippen molar-refractivity contribution in [3.63, 3.8) is 0 Å². The molecule has 7 nitrogen and oxygen atoms in total. The molecular weight excluding hydrogens is 395 g/mol. The summed E-state index contributed by atoms with van der Waals surface area (Å²) in [5.41, 5.74) is 2.67. The van der Waals surface area contributed by atoms with Gasteiger partial charge in [0, 0.05) is 42.5 Å². The second-order valence-corrected chi connectivity index (χ2v) is 9.66. The first-order valence-corrected chi connectivity index (χ1v) is 11.5. The number of rotatable bonds is 7. The number of nitrogens with zero attached hydrogens (tertiary/aromatic N) is 3. The molecule has 0 aliphatic carbocycles. The van der Waals surface area contributed by atoms with Crippen LogP contribution < -0.4 is 0 Å². The summed E-state index contributed by atoms with van der Waals surface area (Å²) in [4.78, 5) is 9.54. The number of halogens is 1. The molecule has 4 rings (SSSR count). The summed E-state index contributed by atoms with van der Waals surface area (Å²) in [6.45, 7) is 2.33. The average Bonchev–Trinajstić information content (AvgIpc) is 3.35. The number of fused-ring (bicyclic) bond motifs is 1. The minimum absolute atomic E-state index is 0.0114. The number of hydrogen-bond acceptors (Lipinski definition) is 5. The van der Waals surface area contributed by atoms with Crippen LogP contribution in [0.5, 0.6) is 0 Å². The first-order chi connectivity index (χ1) is 13.8. The Balaban J connectivity index is 1.53. The smallest absolute Gasteiger partial charge is 0.227 e. The number of aromatic nitrogens is 3. The van der Waals surface area contributed by atoms with E-state index in [0.29, 0.717) is 26.2 Å². The highest BCUT2D eigenvalue weighted by atomic mass is 32.2. The van der Waals surface area contributed by atoms with Gasteiger partial charge in [-0.2, -0.15) is 0 Å². The molecule has 1 aromatic carbocycles. The molecule has 1 N–H and O–H groups in total. The van der Waals surface area contributed by atoms with E-state index in [-0.39, 0.29) is 17.1 Å². The van der Waals surface area contributed by atoms with Crippen LogP contribution in [0.1, 0.15) is 24.2 Å². The highest BCUT2D eigenvalue weighted by Gasteiger charge is 2.24. The van der Waals surface area contributed by atoms with Gasteiger partial charge in [0.15, 0.2) is 0 Å². The molecular formula is C20H25FN4O3S. The van der Waals surface area contributed by atoms with E-state index >= 15 is 0 Å². The van der Waals surface area contributed by atoms with Gasteiger partial charge < -0.3 is 14.3 Å². The standard InChI is InChI=1S/C20H25FN4O3S/c1-24(11-16-9-14-8-15(21)5-6-19(14)23-16)12-17-10-22-20(29(2,26)27)25(17)13-18-4-3-7-28-18/h5-6,8-10,18,23H,3-4,7,11-13H2,1-2H3/t18-/m0/s1. The topological polar surface area (TPSA) is 80.2 Å². The van der Waals surface area contributed by atoms with E-state index in [1.54, 1.807) is 16.8 Å². The third-order valence-corrected chi connectivity index (χ3v) is 6.14. The predicted molar refractivity (Wildman–Crippen MR) is 108 cm³/mol. The van der Waals surface area contributed by atoms with Crippen molar-refractivity contribution in [3.05, 3.63) is 47.7 Å². The summed E-state index contributed by atoms with van der Waals surface area (Å²) in [7, 11) is -1.48. The molecule has 29 heavy (non-hydrogen) atoms. The second kappa shape index (κ2) is 7.89. The molecule has 1 aliphatic heterocycles. The quantitative estimate of drug-likeness (QED) is 0.636. The number of imidazole rings is 1. The molecule has 3 aromatic rings. The third kappa shape index (κ3) is 4.52. The molecule has 0 spiro atoms. The molecule has 0 unspecified atom stereocenters. The van der Waals surface area contributed by atoms with Crippen molar-refractivity contribution in [3.8, 4) is 0 Å². The van der Waals surface area contributed by atoms with Crippen LogP contribution in [0.4, 0.5) is 4.39 Å². The number of benzene rings is 1. The Hall–Kier alpha value is -2.23. The van der Waals surface area contributed by atoms with Gasteiger partial charge >= 0.3 is 0 Å². The monoisotopic (exact) mass is 420 g/mol. The molecule has 3 heterocycles. The van der Waals surface area contributed by atoms with Gasteiger partial charge in [-0.3, -0.25) is 4.90 Å². The number of H-pyrrole nitrogens is 1. The van der Waals surface area contributed by atoms with Crippen molar-refractivity contribution >= 4 is 20.7 Å². The Morgan fingerprint density at radius 1 is 1.34 bits per heavy atom. The van der Waals surface area contributed by atoms with E-state index in [4.69, 9.17) is 4.74 Å². The summed E-state index contributed by atoms with van der Waals surface area (Å²) in [6, 6.07) is 6.59. The third-order valence-electron chi connectivity index (χ3n) is 5.15. The summed E-state index contributed by atoms with van der Waals surface area (Å²) in [5.74, 6) is -0.261. The molecule has 1 atom stereocenters. The number of hydrogen-bond donors (Lipinski definition) is 1. The van der Waals surface area contributed by atoms with Gasteiger partial charge in [-0.1, -0.05) is 0 Å². The molecule has 156 valence electrons. The van der Waals surface area contributed by atoms with Gasteiger partial charge in [0.1, 0.15) is 5.82 Å². The summed E-state index contributed by atoms with van der Waals surface area (Å²) in [6.07, 6.45) is 4.73. The highest BCUT2D eigenvalue weighted by molar-refractivity contribution is 7.90. The van der Waals surface area contributed by atoms with Crippen LogP contribution >= 0.6 is 0 Å². The van der Waals surface area contributed by atoms with Gasteiger partial charge in [0.2, 0.25) is 15.0 Å². The molecule has 2 aromatic heterocycles. The Bertz CT molecular complexity index is 1120. The van der Waals surface area contributed by atoms with E-state index in [2.05, 4.69) is 14.9 Å². The molecule has 1 aliphatic rings. The fraction of sp³-hybridized carbons (Fsp3) is 0.450. The van der Waals surface area contributed by atoms with Crippen molar-refractivity contribution in [1.82, 2.24) is 19.4 Å². The second-order valence-electron chi connectivity index (χ2n) is 7.75. The van der Waals surface area contributed by atoms with E-state index in [1.165, 1.54) is 18.4 Å². The average molecular weight is 421 g/mol. The fourth-order valence-corrected chi connectivity index (χ4v) is 4.71. The van der Waals surface area contributed by atoms with Crippen LogP contribution in [0.2, 0.25) is 0 Å². The molecule has 0 bridgehead atoms. The molecule has 9 heteroatoms. The largest absolute Gasteiger partial charge is 0.376 e. The van der Waals surface area contributed by atoms with Crippen molar-refractivity contribution in [1.29, 1.82) is 0 Å². The van der Waals surface area contributed by atoms with Crippen LogP contribution in [0.25, 0.3) is 10.9 Å². The van der Waals surface area contributed by atoms with E-state index in [0.717, 1.165) is 35.1 Å². The SMILES string of the molecule is CN(Cc1cc2cc(F)ccc2[nH]1)Cc1cnc(S(C)(=O)=O)n1C[C@@H]1CCCO1. The lowest BCUT2D eigenvalue weighted by Gasteiger charge is -2.19. The molecule has 1 saturated heterocycles. The number of aromatic amines is 1. The molecule has 1 fully saturated rings. The zero-order valence-corrected chi connectivity index (χ0v) is 17.4. The lowest BCUT2D eigenvalue weighted by molar-refractivity contribution is 0.0934. The first kappa shape index (κ1) is 20.1. The Labute approximate surface area is 169 Å². The van der Waals surface area contributed by atoms with Crippen molar-refractivity contribution < 1.29 is 17.5 Å². The normalized spacial score (nSPS) is 17.6. The summed E-state index contributed by atoms with van der Waals surface area (Å²) < 4.78 is 45.2. The zero-order chi connectivity index (χ0) is 20.6. The molecule has 0 radical (unpaired) electrons. The van der Waals surface area contributed by atoms with E-state index in [1.807, 2.05) is 13.1 Å². The maximum absolute atomic E-state index is 13.4. The van der Waals surface area contributed by atoms with Crippen LogP contribution in [0.3, 0.4) is 0 Å². The van der Waals surface area contributed by atoms with Crippen molar-refractivity contribution in [2.24, 2.45) is 0 Å². The van der Waals surface area contributed by atoms with Crippen molar-refractivity contribution in [2.75, 3.05) is 19.9 Å². The van der Waals surface area contributed by atoms with Gasteiger partial charge in [-0.25, -0.2) is 17.8 Å². The maximum atomic E-state index is 13.4. The Kier molecular flexibility index (Phi) is 5.46. The maximum Gasteiger partial charge on any atom is 0.227 e. The fourth-order valence-electron chi connectivity index (χ4n) is 3.87. The van der Waals surface area contributed by atoms with Gasteiger partial charge in [0.25, 0.3) is 0 Å². The number of nitrogens with one attached hydrogen (secondary N) is 1. The van der Waals surface area contributed by atoms with Crippen LogP contribution in [-0.4, -0.2) is 53.9 Å². The predicted octanol–water partition coefficient (Wildman–Crippen LogP) is 2.72. The molecule has 0 saturated carbocycles. The summed E-state index contributed by atoms with van der Waals surface area (Å²) in [5, 5.41) is 0.911. The Morgan fingerprint density at radius 3 is 2.90 bits per heavy atom. The number of sulfone groups is 1. The highest BCUT2D eigenvalue weighted by Crippen LogP contribution is 2.21. The zero-order valence-electron chi connectivity index (χ0n) is 16.6. The van der Waals surface area contributed by atoms with E-state index < -0.39 is 9.84 Å². The van der Waals surface area contributed by atoms with E-state index in [9.17, 15) is 12.8 Å². The minimum Gasteiger partial charge on any atom is -0.376 e. The Morgan fingerprint density at radius 2 is 2.17 bits per heavy atom. The van der Waals surface area contributed by atoms with Crippen LogP contribution in [0.15, 0.2) is 35.6 Å². The molecule has 0 amide bonds. The van der Waals surface area contributed by atoms with Crippen LogP contribution in [-0.2, 0) is 34.2 Å².